The number of aliphatic hydroxyl groups is 1. The van der Waals surface area contributed by atoms with Crippen molar-refractivity contribution in [3.05, 3.63) is 83.7 Å². The lowest BCUT2D eigenvalue weighted by Gasteiger charge is -2.27. The van der Waals surface area contributed by atoms with Gasteiger partial charge in [-0.05, 0) is 17.5 Å². The van der Waals surface area contributed by atoms with Crippen LogP contribution in [0.5, 0.6) is 0 Å². The van der Waals surface area contributed by atoms with Crippen LogP contribution in [0.2, 0.25) is 0 Å². The molecule has 0 aliphatic rings. The third kappa shape index (κ3) is 3.80. The summed E-state index contributed by atoms with van der Waals surface area (Å²) in [4.78, 5) is 0. The van der Waals surface area contributed by atoms with E-state index in [0.717, 1.165) is 24.1 Å². The lowest BCUT2D eigenvalue weighted by molar-refractivity contribution is 0.120. The smallest absolute Gasteiger partial charge is 0.160 e. The molecule has 4 nitrogen and oxygen atoms in total. The molecule has 0 radical (unpaired) electrons. The second kappa shape index (κ2) is 8.08. The number of aryl methyl sites for hydroxylation is 1. The van der Waals surface area contributed by atoms with Crippen molar-refractivity contribution in [3.63, 3.8) is 0 Å². The highest BCUT2D eigenvalue weighted by Crippen LogP contribution is 2.35. The summed E-state index contributed by atoms with van der Waals surface area (Å²) < 4.78 is 1.84. The lowest BCUT2D eigenvalue weighted by atomic mass is 9.84. The molecule has 4 heteroatoms. The minimum absolute atomic E-state index is 0.556. The van der Waals surface area contributed by atoms with Gasteiger partial charge in [0.05, 0.1) is 6.20 Å². The maximum absolute atomic E-state index is 11.6. The van der Waals surface area contributed by atoms with Crippen LogP contribution in [-0.2, 0) is 12.1 Å². The molecule has 0 fully saturated rings. The quantitative estimate of drug-likeness (QED) is 0.629. The molecule has 0 amide bonds. The standard InChI is InChI=1S/C21H25N3O/c1-2-3-4-11-16-24-17-20(22-23-24)21(25,18-12-7-5-8-13-18)19-14-9-6-10-15-19/h5-10,12-15,17,25H,2-4,11,16H2,1H3. The maximum atomic E-state index is 11.6. The Hall–Kier alpha value is -2.46. The molecule has 0 aliphatic carbocycles. The van der Waals surface area contributed by atoms with Crippen molar-refractivity contribution in [3.8, 4) is 0 Å². The van der Waals surface area contributed by atoms with E-state index in [1.807, 2.05) is 71.5 Å². The van der Waals surface area contributed by atoms with E-state index in [0.29, 0.717) is 5.69 Å². The summed E-state index contributed by atoms with van der Waals surface area (Å²) in [5.41, 5.74) is 0.836. The molecule has 3 rings (SSSR count). The van der Waals surface area contributed by atoms with Crippen LogP contribution in [0.25, 0.3) is 0 Å². The van der Waals surface area contributed by atoms with Crippen LogP contribution in [0.15, 0.2) is 66.9 Å². The molecule has 2 aromatic carbocycles. The molecule has 1 aromatic heterocycles. The van der Waals surface area contributed by atoms with Crippen LogP contribution in [-0.4, -0.2) is 20.1 Å². The molecular formula is C21H25N3O. The fourth-order valence-electron chi connectivity index (χ4n) is 3.10. The Kier molecular flexibility index (Phi) is 5.61. The first kappa shape index (κ1) is 17.4. The summed E-state index contributed by atoms with van der Waals surface area (Å²) in [6.07, 6.45) is 6.58. The summed E-state index contributed by atoms with van der Waals surface area (Å²) >= 11 is 0. The second-order valence-corrected chi connectivity index (χ2v) is 6.37. The predicted molar refractivity (Wildman–Crippen MR) is 99.1 cm³/mol. The van der Waals surface area contributed by atoms with Gasteiger partial charge in [-0.1, -0.05) is 92.1 Å². The summed E-state index contributed by atoms with van der Waals surface area (Å²) in [5.74, 6) is 0. The van der Waals surface area contributed by atoms with Crippen molar-refractivity contribution in [2.45, 2.75) is 44.8 Å². The molecule has 0 aliphatic heterocycles. The van der Waals surface area contributed by atoms with Crippen LogP contribution >= 0.6 is 0 Å². The Balaban J connectivity index is 1.92. The molecule has 25 heavy (non-hydrogen) atoms. The Bertz CT molecular complexity index is 729. The number of unbranched alkanes of at least 4 members (excludes halogenated alkanes) is 3. The number of hydrogen-bond acceptors (Lipinski definition) is 3. The zero-order chi connectivity index (χ0) is 17.5. The van der Waals surface area contributed by atoms with Gasteiger partial charge in [0.25, 0.3) is 0 Å². The van der Waals surface area contributed by atoms with Crippen LogP contribution in [0.1, 0.15) is 49.4 Å². The van der Waals surface area contributed by atoms with Gasteiger partial charge in [-0.15, -0.1) is 5.10 Å². The molecule has 0 unspecified atom stereocenters. The van der Waals surface area contributed by atoms with Gasteiger partial charge in [0.1, 0.15) is 5.69 Å². The van der Waals surface area contributed by atoms with E-state index in [9.17, 15) is 5.11 Å². The number of nitrogens with zero attached hydrogens (tertiary/aromatic N) is 3. The fourth-order valence-corrected chi connectivity index (χ4v) is 3.10. The van der Waals surface area contributed by atoms with E-state index in [1.54, 1.807) is 0 Å². The Morgan fingerprint density at radius 3 is 2.04 bits per heavy atom. The van der Waals surface area contributed by atoms with Crippen molar-refractivity contribution in [1.29, 1.82) is 0 Å². The molecule has 1 heterocycles. The number of benzene rings is 2. The van der Waals surface area contributed by atoms with Crippen LogP contribution in [0.3, 0.4) is 0 Å². The van der Waals surface area contributed by atoms with Gasteiger partial charge >= 0.3 is 0 Å². The average molecular weight is 335 g/mol. The van der Waals surface area contributed by atoms with Crippen molar-refractivity contribution in [2.24, 2.45) is 0 Å². The van der Waals surface area contributed by atoms with Gasteiger partial charge in [0.15, 0.2) is 5.60 Å². The third-order valence-corrected chi connectivity index (χ3v) is 4.53. The van der Waals surface area contributed by atoms with E-state index in [2.05, 4.69) is 17.2 Å². The maximum Gasteiger partial charge on any atom is 0.160 e. The Morgan fingerprint density at radius 2 is 1.48 bits per heavy atom. The molecule has 1 N–H and O–H groups in total. The monoisotopic (exact) mass is 335 g/mol. The highest BCUT2D eigenvalue weighted by molar-refractivity contribution is 5.43. The van der Waals surface area contributed by atoms with Gasteiger partial charge in [0.2, 0.25) is 0 Å². The third-order valence-electron chi connectivity index (χ3n) is 4.53. The molecular weight excluding hydrogens is 310 g/mol. The molecule has 0 bridgehead atoms. The van der Waals surface area contributed by atoms with Gasteiger partial charge in [-0.3, -0.25) is 4.68 Å². The Labute approximate surface area is 149 Å². The first-order valence-electron chi connectivity index (χ1n) is 8.99. The molecule has 130 valence electrons. The van der Waals surface area contributed by atoms with Gasteiger partial charge in [-0.25, -0.2) is 0 Å². The van der Waals surface area contributed by atoms with Gasteiger partial charge < -0.3 is 5.11 Å². The normalized spacial score (nSPS) is 11.6. The summed E-state index contributed by atoms with van der Waals surface area (Å²) in [6.45, 7) is 3.03. The zero-order valence-electron chi connectivity index (χ0n) is 14.7. The van der Waals surface area contributed by atoms with E-state index >= 15 is 0 Å². The summed E-state index contributed by atoms with van der Waals surface area (Å²) in [7, 11) is 0. The highest BCUT2D eigenvalue weighted by atomic mass is 16.3. The minimum Gasteiger partial charge on any atom is -0.374 e. The highest BCUT2D eigenvalue weighted by Gasteiger charge is 2.36. The van der Waals surface area contributed by atoms with Crippen molar-refractivity contribution in [2.75, 3.05) is 0 Å². The molecule has 0 atom stereocenters. The van der Waals surface area contributed by atoms with Crippen LogP contribution < -0.4 is 0 Å². The minimum atomic E-state index is -1.30. The van der Waals surface area contributed by atoms with E-state index in [1.165, 1.54) is 19.3 Å². The average Bonchev–Trinajstić information content (AvgIpc) is 3.15. The van der Waals surface area contributed by atoms with Crippen molar-refractivity contribution < 1.29 is 5.11 Å². The number of hydrogen-bond donors (Lipinski definition) is 1. The molecule has 0 spiro atoms. The second-order valence-electron chi connectivity index (χ2n) is 6.37. The van der Waals surface area contributed by atoms with Crippen molar-refractivity contribution >= 4 is 0 Å². The van der Waals surface area contributed by atoms with Gasteiger partial charge in [0, 0.05) is 6.54 Å². The van der Waals surface area contributed by atoms with E-state index in [-0.39, 0.29) is 0 Å². The van der Waals surface area contributed by atoms with Crippen molar-refractivity contribution in [1.82, 2.24) is 15.0 Å². The van der Waals surface area contributed by atoms with Gasteiger partial charge in [-0.2, -0.15) is 0 Å². The SMILES string of the molecule is CCCCCCn1cc(C(O)(c2ccccc2)c2ccccc2)nn1. The number of aromatic nitrogens is 3. The summed E-state index contributed by atoms with van der Waals surface area (Å²) in [6, 6.07) is 19.3. The molecule has 0 saturated heterocycles. The largest absolute Gasteiger partial charge is 0.374 e. The first-order chi connectivity index (χ1) is 12.2. The van der Waals surface area contributed by atoms with E-state index < -0.39 is 5.60 Å². The Morgan fingerprint density at radius 1 is 0.880 bits per heavy atom. The summed E-state index contributed by atoms with van der Waals surface area (Å²) in [5, 5.41) is 20.2. The van der Waals surface area contributed by atoms with Crippen LogP contribution in [0.4, 0.5) is 0 Å². The zero-order valence-corrected chi connectivity index (χ0v) is 14.7. The first-order valence-corrected chi connectivity index (χ1v) is 8.99. The van der Waals surface area contributed by atoms with Crippen LogP contribution in [0, 0.1) is 0 Å². The number of rotatable bonds is 8. The molecule has 0 saturated carbocycles. The lowest BCUT2D eigenvalue weighted by Crippen LogP contribution is -2.29. The predicted octanol–water partition coefficient (Wildman–Crippen LogP) is 4.14. The van der Waals surface area contributed by atoms with E-state index in [4.69, 9.17) is 0 Å². The fraction of sp³-hybridized carbons (Fsp3) is 0.333. The topological polar surface area (TPSA) is 50.9 Å². The molecule has 3 aromatic rings.